The maximum Gasteiger partial charge on any atom is 0.129 e. The summed E-state index contributed by atoms with van der Waals surface area (Å²) in [5, 5.41) is 3.46. The van der Waals surface area contributed by atoms with Crippen LogP contribution in [0.5, 0.6) is 0 Å². The van der Waals surface area contributed by atoms with Crippen LogP contribution in [0, 0.1) is 0 Å². The van der Waals surface area contributed by atoms with Crippen LogP contribution in [0.3, 0.4) is 0 Å². The predicted octanol–water partition coefficient (Wildman–Crippen LogP) is 2.64. The highest BCUT2D eigenvalue weighted by molar-refractivity contribution is 5.12. The number of methoxy groups -OCH3 is 1. The molecule has 3 atom stereocenters. The van der Waals surface area contributed by atoms with Crippen molar-refractivity contribution in [1.82, 2.24) is 5.32 Å². The van der Waals surface area contributed by atoms with Crippen molar-refractivity contribution in [3.8, 4) is 0 Å². The summed E-state index contributed by atoms with van der Waals surface area (Å²) in [6.07, 6.45) is 2.77. The Morgan fingerprint density at radius 2 is 2.28 bits per heavy atom. The first-order valence-corrected chi connectivity index (χ1v) is 6.71. The lowest BCUT2D eigenvalue weighted by Gasteiger charge is -2.22. The molecule has 0 bridgehead atoms. The molecule has 1 N–H and O–H groups in total. The maximum absolute atomic E-state index is 5.95. The van der Waals surface area contributed by atoms with E-state index in [1.807, 2.05) is 12.1 Å². The topological polar surface area (TPSA) is 43.6 Å². The van der Waals surface area contributed by atoms with E-state index in [0.717, 1.165) is 30.9 Å². The van der Waals surface area contributed by atoms with Gasteiger partial charge < -0.3 is 19.2 Å². The van der Waals surface area contributed by atoms with E-state index in [1.165, 1.54) is 0 Å². The maximum atomic E-state index is 5.95. The van der Waals surface area contributed by atoms with E-state index in [4.69, 9.17) is 13.9 Å². The van der Waals surface area contributed by atoms with Crippen LogP contribution in [0.15, 0.2) is 16.5 Å². The van der Waals surface area contributed by atoms with Gasteiger partial charge in [0.15, 0.2) is 0 Å². The van der Waals surface area contributed by atoms with Crippen LogP contribution in [0.1, 0.15) is 44.3 Å². The van der Waals surface area contributed by atoms with Gasteiger partial charge in [0, 0.05) is 7.11 Å². The minimum atomic E-state index is 0.144. The molecule has 0 radical (unpaired) electrons. The molecule has 1 aromatic rings. The quantitative estimate of drug-likeness (QED) is 0.846. The highest BCUT2D eigenvalue weighted by atomic mass is 16.5. The summed E-state index contributed by atoms with van der Waals surface area (Å²) in [5.74, 6) is 1.81. The van der Waals surface area contributed by atoms with E-state index in [0.29, 0.717) is 12.7 Å². The van der Waals surface area contributed by atoms with Gasteiger partial charge in [-0.3, -0.25) is 0 Å². The fourth-order valence-electron chi connectivity index (χ4n) is 2.50. The second-order valence-electron chi connectivity index (χ2n) is 4.83. The summed E-state index contributed by atoms with van der Waals surface area (Å²) < 4.78 is 16.8. The molecule has 4 nitrogen and oxygen atoms in total. The summed E-state index contributed by atoms with van der Waals surface area (Å²) in [7, 11) is 1.67. The third kappa shape index (κ3) is 3.13. The lowest BCUT2D eigenvalue weighted by molar-refractivity contribution is 0.0263. The molecule has 1 saturated heterocycles. The Labute approximate surface area is 109 Å². The Balaban J connectivity index is 2.08. The molecular weight excluding hydrogens is 230 g/mol. The SMILES string of the molecule is CCNC(c1ccc(COC)o1)C1CCC(C)O1. The number of nitrogens with one attached hydrogen (secondary N) is 1. The Kier molecular flexibility index (Phi) is 4.80. The monoisotopic (exact) mass is 253 g/mol. The van der Waals surface area contributed by atoms with E-state index >= 15 is 0 Å². The molecule has 0 saturated carbocycles. The molecule has 1 aliphatic rings. The molecule has 1 fully saturated rings. The fourth-order valence-corrected chi connectivity index (χ4v) is 2.50. The van der Waals surface area contributed by atoms with Crippen LogP contribution >= 0.6 is 0 Å². The van der Waals surface area contributed by atoms with Crippen LogP contribution in [-0.4, -0.2) is 25.9 Å². The van der Waals surface area contributed by atoms with Gasteiger partial charge in [-0.1, -0.05) is 6.92 Å². The van der Waals surface area contributed by atoms with Crippen LogP contribution in [0.25, 0.3) is 0 Å². The molecule has 2 rings (SSSR count). The lowest BCUT2D eigenvalue weighted by atomic mass is 10.1. The molecule has 4 heteroatoms. The second kappa shape index (κ2) is 6.36. The predicted molar refractivity (Wildman–Crippen MR) is 69.4 cm³/mol. The van der Waals surface area contributed by atoms with Gasteiger partial charge in [-0.15, -0.1) is 0 Å². The van der Waals surface area contributed by atoms with Crippen molar-refractivity contribution in [3.05, 3.63) is 23.7 Å². The van der Waals surface area contributed by atoms with E-state index < -0.39 is 0 Å². The average molecular weight is 253 g/mol. The summed E-state index contributed by atoms with van der Waals surface area (Å²) >= 11 is 0. The summed E-state index contributed by atoms with van der Waals surface area (Å²) in [6.45, 7) is 5.64. The van der Waals surface area contributed by atoms with E-state index in [-0.39, 0.29) is 12.1 Å². The zero-order chi connectivity index (χ0) is 13.0. The first-order chi connectivity index (χ1) is 8.74. The lowest BCUT2D eigenvalue weighted by Crippen LogP contribution is -2.31. The van der Waals surface area contributed by atoms with Crippen molar-refractivity contribution in [3.63, 3.8) is 0 Å². The van der Waals surface area contributed by atoms with Gasteiger partial charge in [-0.05, 0) is 38.4 Å². The number of rotatable bonds is 6. The number of hydrogen-bond donors (Lipinski definition) is 1. The molecule has 0 aliphatic carbocycles. The van der Waals surface area contributed by atoms with Crippen molar-refractivity contribution < 1.29 is 13.9 Å². The van der Waals surface area contributed by atoms with Crippen molar-refractivity contribution >= 4 is 0 Å². The Morgan fingerprint density at radius 3 is 2.89 bits per heavy atom. The Hall–Kier alpha value is -0.840. The van der Waals surface area contributed by atoms with Gasteiger partial charge >= 0.3 is 0 Å². The smallest absolute Gasteiger partial charge is 0.129 e. The molecule has 0 amide bonds. The van der Waals surface area contributed by atoms with Crippen molar-refractivity contribution in [2.45, 2.75) is 51.5 Å². The Morgan fingerprint density at radius 1 is 1.44 bits per heavy atom. The number of furan rings is 1. The second-order valence-corrected chi connectivity index (χ2v) is 4.83. The van der Waals surface area contributed by atoms with Crippen molar-refractivity contribution in [1.29, 1.82) is 0 Å². The highest BCUT2D eigenvalue weighted by Gasteiger charge is 2.32. The van der Waals surface area contributed by atoms with E-state index in [9.17, 15) is 0 Å². The Bertz CT molecular complexity index is 364. The third-order valence-corrected chi connectivity index (χ3v) is 3.34. The normalized spacial score (nSPS) is 25.5. The molecule has 102 valence electrons. The van der Waals surface area contributed by atoms with Crippen LogP contribution in [-0.2, 0) is 16.1 Å². The fraction of sp³-hybridized carbons (Fsp3) is 0.714. The average Bonchev–Trinajstić information content (AvgIpc) is 2.96. The molecule has 3 unspecified atom stereocenters. The minimum Gasteiger partial charge on any atom is -0.462 e. The molecule has 2 heterocycles. The minimum absolute atomic E-state index is 0.144. The van der Waals surface area contributed by atoms with Crippen LogP contribution in [0.2, 0.25) is 0 Å². The van der Waals surface area contributed by atoms with Gasteiger partial charge in [-0.2, -0.15) is 0 Å². The first-order valence-electron chi connectivity index (χ1n) is 6.71. The van der Waals surface area contributed by atoms with E-state index in [2.05, 4.69) is 19.2 Å². The summed E-state index contributed by atoms with van der Waals surface area (Å²) in [5.41, 5.74) is 0. The number of likely N-dealkylation sites (N-methyl/N-ethyl adjacent to an activating group) is 1. The largest absolute Gasteiger partial charge is 0.462 e. The summed E-state index contributed by atoms with van der Waals surface area (Å²) in [6, 6.07) is 4.14. The molecule has 0 spiro atoms. The third-order valence-electron chi connectivity index (χ3n) is 3.34. The van der Waals surface area contributed by atoms with Crippen LogP contribution < -0.4 is 5.32 Å². The number of hydrogen-bond acceptors (Lipinski definition) is 4. The number of ether oxygens (including phenoxy) is 2. The zero-order valence-corrected chi connectivity index (χ0v) is 11.4. The highest BCUT2D eigenvalue weighted by Crippen LogP contribution is 2.31. The molecular formula is C14H23NO3. The van der Waals surface area contributed by atoms with E-state index in [1.54, 1.807) is 7.11 Å². The first kappa shape index (κ1) is 13.6. The molecule has 18 heavy (non-hydrogen) atoms. The van der Waals surface area contributed by atoms with Crippen molar-refractivity contribution in [2.75, 3.05) is 13.7 Å². The standard InChI is InChI=1S/C14H23NO3/c1-4-15-14(12-7-5-10(2)17-12)13-8-6-11(18-13)9-16-3/h6,8,10,12,14-15H,4-5,7,9H2,1-3H3. The van der Waals surface area contributed by atoms with Gasteiger partial charge in [-0.25, -0.2) is 0 Å². The molecule has 1 aromatic heterocycles. The molecule has 1 aliphatic heterocycles. The van der Waals surface area contributed by atoms with Crippen LogP contribution in [0.4, 0.5) is 0 Å². The molecule has 0 aromatic carbocycles. The van der Waals surface area contributed by atoms with Crippen molar-refractivity contribution in [2.24, 2.45) is 0 Å². The van der Waals surface area contributed by atoms with Gasteiger partial charge in [0.25, 0.3) is 0 Å². The zero-order valence-electron chi connectivity index (χ0n) is 11.4. The van der Waals surface area contributed by atoms with Gasteiger partial charge in [0.05, 0.1) is 18.2 Å². The van der Waals surface area contributed by atoms with Gasteiger partial charge in [0.2, 0.25) is 0 Å². The summed E-state index contributed by atoms with van der Waals surface area (Å²) in [4.78, 5) is 0. The van der Waals surface area contributed by atoms with Gasteiger partial charge in [0.1, 0.15) is 18.1 Å².